The maximum absolute atomic E-state index is 12.9. The van der Waals surface area contributed by atoms with E-state index in [1.807, 2.05) is 30.0 Å². The number of anilines is 1. The maximum atomic E-state index is 12.9. The molecule has 0 aromatic heterocycles. The highest BCUT2D eigenvalue weighted by Crippen LogP contribution is 2.27. The van der Waals surface area contributed by atoms with Crippen LogP contribution in [0.5, 0.6) is 5.75 Å². The van der Waals surface area contributed by atoms with E-state index < -0.39 is 0 Å². The second-order valence-electron chi connectivity index (χ2n) is 7.12. The quantitative estimate of drug-likeness (QED) is 0.899. The van der Waals surface area contributed by atoms with Crippen molar-refractivity contribution in [2.75, 3.05) is 31.1 Å². The predicted molar refractivity (Wildman–Crippen MR) is 98.5 cm³/mol. The van der Waals surface area contributed by atoms with Gasteiger partial charge in [-0.3, -0.25) is 9.69 Å². The number of rotatable bonds is 5. The maximum Gasteiger partial charge on any atom is 0.240 e. The summed E-state index contributed by atoms with van der Waals surface area (Å²) in [6.45, 7) is 13.6. The molecule has 1 aromatic rings. The van der Waals surface area contributed by atoms with Crippen molar-refractivity contribution in [2.45, 2.75) is 52.7 Å². The first-order valence-electron chi connectivity index (χ1n) is 8.92. The highest BCUT2D eigenvalue weighted by atomic mass is 16.3. The molecule has 1 amide bonds. The third-order valence-electron chi connectivity index (χ3n) is 4.81. The van der Waals surface area contributed by atoms with Crippen molar-refractivity contribution in [2.24, 2.45) is 0 Å². The fourth-order valence-electron chi connectivity index (χ4n) is 3.56. The van der Waals surface area contributed by atoms with E-state index in [4.69, 9.17) is 0 Å². The van der Waals surface area contributed by atoms with Crippen molar-refractivity contribution in [1.29, 1.82) is 0 Å². The minimum absolute atomic E-state index is 0.110. The van der Waals surface area contributed by atoms with Crippen LogP contribution in [0, 0.1) is 0 Å². The summed E-state index contributed by atoms with van der Waals surface area (Å²) in [5.41, 5.74) is 0.877. The van der Waals surface area contributed by atoms with Gasteiger partial charge in [0.2, 0.25) is 5.91 Å². The van der Waals surface area contributed by atoms with Gasteiger partial charge in [-0.1, -0.05) is 12.1 Å². The van der Waals surface area contributed by atoms with E-state index in [0.29, 0.717) is 5.75 Å². The molecule has 5 nitrogen and oxygen atoms in total. The first-order chi connectivity index (χ1) is 11.3. The lowest BCUT2D eigenvalue weighted by Gasteiger charge is -2.41. The van der Waals surface area contributed by atoms with E-state index in [1.54, 1.807) is 6.07 Å². The smallest absolute Gasteiger partial charge is 0.240 e. The highest BCUT2D eigenvalue weighted by molar-refractivity contribution is 5.82. The Morgan fingerprint density at radius 3 is 2.04 bits per heavy atom. The third-order valence-corrected chi connectivity index (χ3v) is 4.81. The van der Waals surface area contributed by atoms with Crippen LogP contribution in [0.2, 0.25) is 0 Å². The molecule has 1 saturated heterocycles. The monoisotopic (exact) mass is 333 g/mol. The van der Waals surface area contributed by atoms with Crippen LogP contribution >= 0.6 is 0 Å². The standard InChI is InChI=1S/C19H31N3O2/c1-14(2)22(15(3)4)19(24)16(5)20-10-12-21(13-11-20)17-8-6-7-9-18(17)23/h6-9,14-16,23H,10-13H2,1-5H3/t16-/m1/s1. The summed E-state index contributed by atoms with van der Waals surface area (Å²) in [6.07, 6.45) is 0. The van der Waals surface area contributed by atoms with Gasteiger partial charge < -0.3 is 14.9 Å². The van der Waals surface area contributed by atoms with Crippen LogP contribution in [0.25, 0.3) is 0 Å². The van der Waals surface area contributed by atoms with Gasteiger partial charge >= 0.3 is 0 Å². The van der Waals surface area contributed by atoms with Gasteiger partial charge in [0, 0.05) is 38.3 Å². The molecule has 1 fully saturated rings. The Bertz CT molecular complexity index is 543. The number of amides is 1. The van der Waals surface area contributed by atoms with Gasteiger partial charge in [0.25, 0.3) is 0 Å². The molecule has 134 valence electrons. The van der Waals surface area contributed by atoms with Crippen LogP contribution in [0.4, 0.5) is 5.69 Å². The summed E-state index contributed by atoms with van der Waals surface area (Å²) in [4.78, 5) is 19.3. The highest BCUT2D eigenvalue weighted by Gasteiger charge is 2.31. The Hall–Kier alpha value is -1.75. The molecule has 0 aliphatic carbocycles. The van der Waals surface area contributed by atoms with Gasteiger partial charge in [-0.2, -0.15) is 0 Å². The lowest BCUT2D eigenvalue weighted by atomic mass is 10.1. The molecule has 1 aliphatic heterocycles. The Morgan fingerprint density at radius 1 is 1.00 bits per heavy atom. The summed E-state index contributed by atoms with van der Waals surface area (Å²) >= 11 is 0. The number of hydrogen-bond acceptors (Lipinski definition) is 4. The number of nitrogens with zero attached hydrogens (tertiary/aromatic N) is 3. The van der Waals surface area contributed by atoms with E-state index in [-0.39, 0.29) is 24.0 Å². The first-order valence-corrected chi connectivity index (χ1v) is 8.92. The van der Waals surface area contributed by atoms with Gasteiger partial charge in [-0.25, -0.2) is 0 Å². The van der Waals surface area contributed by atoms with Gasteiger partial charge in [0.15, 0.2) is 0 Å². The van der Waals surface area contributed by atoms with E-state index in [9.17, 15) is 9.90 Å². The minimum Gasteiger partial charge on any atom is -0.506 e. The Kier molecular flexibility index (Phi) is 6.10. The minimum atomic E-state index is -0.110. The average molecular weight is 333 g/mol. The molecule has 0 radical (unpaired) electrons. The molecular formula is C19H31N3O2. The molecule has 1 aliphatic rings. The molecule has 0 spiro atoms. The zero-order valence-electron chi connectivity index (χ0n) is 15.6. The van der Waals surface area contributed by atoms with Crippen LogP contribution in [0.1, 0.15) is 34.6 Å². The molecule has 24 heavy (non-hydrogen) atoms. The Morgan fingerprint density at radius 2 is 1.54 bits per heavy atom. The topological polar surface area (TPSA) is 47.0 Å². The number of benzene rings is 1. The van der Waals surface area contributed by atoms with Gasteiger partial charge in [-0.05, 0) is 46.8 Å². The summed E-state index contributed by atoms with van der Waals surface area (Å²) in [7, 11) is 0. The number of piperazine rings is 1. The number of para-hydroxylation sites is 2. The van der Waals surface area contributed by atoms with E-state index in [0.717, 1.165) is 31.9 Å². The fourth-order valence-corrected chi connectivity index (χ4v) is 3.56. The summed E-state index contributed by atoms with van der Waals surface area (Å²) < 4.78 is 0. The largest absolute Gasteiger partial charge is 0.506 e. The molecule has 0 bridgehead atoms. The molecular weight excluding hydrogens is 302 g/mol. The van der Waals surface area contributed by atoms with Crippen molar-refractivity contribution in [1.82, 2.24) is 9.80 Å². The molecule has 1 heterocycles. The van der Waals surface area contributed by atoms with Crippen LogP contribution in [0.3, 0.4) is 0 Å². The van der Waals surface area contributed by atoms with Gasteiger partial charge in [0.05, 0.1) is 11.7 Å². The molecule has 1 N–H and O–H groups in total. The average Bonchev–Trinajstić information content (AvgIpc) is 2.54. The SMILES string of the molecule is CC(C)N(C(=O)[C@@H](C)N1CCN(c2ccccc2O)CC1)C(C)C. The second-order valence-corrected chi connectivity index (χ2v) is 7.12. The molecule has 1 atom stereocenters. The van der Waals surface area contributed by atoms with Gasteiger partial charge in [0.1, 0.15) is 5.75 Å². The van der Waals surface area contributed by atoms with Crippen molar-refractivity contribution >= 4 is 11.6 Å². The third kappa shape index (κ3) is 4.01. The molecule has 0 saturated carbocycles. The fraction of sp³-hybridized carbons (Fsp3) is 0.632. The number of hydrogen-bond donors (Lipinski definition) is 1. The van der Waals surface area contributed by atoms with E-state index in [2.05, 4.69) is 37.5 Å². The summed E-state index contributed by atoms with van der Waals surface area (Å²) in [5.74, 6) is 0.525. The van der Waals surface area contributed by atoms with Crippen LogP contribution in [0.15, 0.2) is 24.3 Å². The van der Waals surface area contributed by atoms with Crippen LogP contribution in [-0.2, 0) is 4.79 Å². The number of carbonyl (C=O) groups is 1. The lowest BCUT2D eigenvalue weighted by Crippen LogP contribution is -2.56. The Balaban J connectivity index is 1.98. The van der Waals surface area contributed by atoms with Crippen molar-refractivity contribution in [3.8, 4) is 5.75 Å². The number of phenolic OH excluding ortho intramolecular Hbond substituents is 1. The molecule has 5 heteroatoms. The molecule has 0 unspecified atom stereocenters. The lowest BCUT2D eigenvalue weighted by molar-refractivity contribution is -0.140. The zero-order chi connectivity index (χ0) is 17.9. The predicted octanol–water partition coefficient (Wildman–Crippen LogP) is 2.55. The first kappa shape index (κ1) is 18.6. The van der Waals surface area contributed by atoms with Crippen molar-refractivity contribution < 1.29 is 9.90 Å². The second kappa shape index (κ2) is 7.88. The van der Waals surface area contributed by atoms with Gasteiger partial charge in [-0.15, -0.1) is 0 Å². The molecule has 2 rings (SSSR count). The zero-order valence-corrected chi connectivity index (χ0v) is 15.6. The van der Waals surface area contributed by atoms with Crippen molar-refractivity contribution in [3.05, 3.63) is 24.3 Å². The van der Waals surface area contributed by atoms with E-state index >= 15 is 0 Å². The van der Waals surface area contributed by atoms with Crippen molar-refractivity contribution in [3.63, 3.8) is 0 Å². The normalized spacial score (nSPS) is 17.4. The number of aromatic hydroxyl groups is 1. The Labute approximate surface area is 145 Å². The number of phenols is 1. The molecule has 1 aromatic carbocycles. The summed E-state index contributed by atoms with van der Waals surface area (Å²) in [5, 5.41) is 10.0. The number of carbonyl (C=O) groups excluding carboxylic acids is 1. The van der Waals surface area contributed by atoms with Crippen LogP contribution < -0.4 is 4.90 Å². The summed E-state index contributed by atoms with van der Waals surface area (Å²) in [6, 6.07) is 7.75. The van der Waals surface area contributed by atoms with E-state index in [1.165, 1.54) is 0 Å². The van der Waals surface area contributed by atoms with Crippen LogP contribution in [-0.4, -0.2) is 65.1 Å².